The Kier molecular flexibility index (Phi) is 24.0. The van der Waals surface area contributed by atoms with Gasteiger partial charge in [-0.25, -0.2) is 9.59 Å². The molecule has 0 aliphatic carbocycles. The minimum absolute atomic E-state index is 0.0938. The third-order valence-corrected chi connectivity index (χ3v) is 7.78. The predicted molar refractivity (Wildman–Crippen MR) is 181 cm³/mol. The van der Waals surface area contributed by atoms with Crippen molar-refractivity contribution in [1.82, 2.24) is 10.6 Å². The summed E-state index contributed by atoms with van der Waals surface area (Å²) in [7, 11) is 1.23. The molecule has 0 aromatic heterocycles. The highest BCUT2D eigenvalue weighted by atomic mass is 32.2. The summed E-state index contributed by atoms with van der Waals surface area (Å²) in [6.07, 6.45) is 15.9. The van der Waals surface area contributed by atoms with Crippen LogP contribution in [-0.4, -0.2) is 79.1 Å². The van der Waals surface area contributed by atoms with E-state index in [1.54, 1.807) is 20.8 Å². The minimum atomic E-state index is -1.05. The number of alkyl carbamates (subject to hydrolysis) is 1. The van der Waals surface area contributed by atoms with E-state index in [1.807, 2.05) is 20.8 Å². The van der Waals surface area contributed by atoms with Gasteiger partial charge in [0.25, 0.3) is 0 Å². The van der Waals surface area contributed by atoms with E-state index in [1.165, 1.54) is 83.1 Å². The largest absolute Gasteiger partial charge is 0.467 e. The smallest absolute Gasteiger partial charge is 0.408 e. The third-order valence-electron chi connectivity index (χ3n) is 6.75. The van der Waals surface area contributed by atoms with Crippen LogP contribution in [0, 0.1) is 0 Å². The number of hydrogen-bond donors (Lipinski definition) is 2. The lowest BCUT2D eigenvalue weighted by Crippen LogP contribution is -2.55. The fourth-order valence-electron chi connectivity index (χ4n) is 4.32. The molecule has 0 bridgehead atoms. The minimum Gasteiger partial charge on any atom is -0.467 e. The van der Waals surface area contributed by atoms with Crippen molar-refractivity contribution in [3.63, 3.8) is 0 Å². The molecule has 0 aromatic carbocycles. The number of esters is 2. The fourth-order valence-corrected chi connectivity index (χ4v) is 5.16. The van der Waals surface area contributed by atoms with Gasteiger partial charge in [0, 0.05) is 17.9 Å². The van der Waals surface area contributed by atoms with Crippen LogP contribution in [0.1, 0.15) is 138 Å². The van der Waals surface area contributed by atoms with Crippen molar-refractivity contribution >= 4 is 35.7 Å². The molecule has 0 aliphatic rings. The maximum Gasteiger partial charge on any atom is 0.408 e. The summed E-state index contributed by atoms with van der Waals surface area (Å²) in [5.41, 5.74) is -1.29. The monoisotopic (exact) mass is 660 g/mol. The molecule has 0 saturated carbocycles. The SMILES string of the molecule is CCCCCCCCCCCCCCCC(=O)OCCSC[C@H](NC(=O)OC(C)(C)C)C(=O)N[C@@H](COC(C)(C)C)C(=O)OC. The number of methoxy groups -OCH3 is 1. The zero-order valence-corrected chi connectivity index (χ0v) is 30.4. The van der Waals surface area contributed by atoms with E-state index in [2.05, 4.69) is 17.6 Å². The highest BCUT2D eigenvalue weighted by molar-refractivity contribution is 7.99. The number of carbonyl (C=O) groups is 4. The molecule has 0 fully saturated rings. The van der Waals surface area contributed by atoms with Gasteiger partial charge in [0.2, 0.25) is 5.91 Å². The van der Waals surface area contributed by atoms with E-state index in [-0.39, 0.29) is 24.9 Å². The van der Waals surface area contributed by atoms with Crippen molar-refractivity contribution in [2.45, 2.75) is 162 Å². The van der Waals surface area contributed by atoms with Gasteiger partial charge in [-0.2, -0.15) is 11.8 Å². The van der Waals surface area contributed by atoms with Crippen molar-refractivity contribution in [2.24, 2.45) is 0 Å². The molecule has 11 heteroatoms. The first-order chi connectivity index (χ1) is 21.2. The normalized spacial score (nSPS) is 13.1. The topological polar surface area (TPSA) is 129 Å². The molecule has 0 unspecified atom stereocenters. The van der Waals surface area contributed by atoms with Crippen molar-refractivity contribution in [3.8, 4) is 0 Å². The number of rotatable bonds is 25. The number of amides is 2. The second-order valence-corrected chi connectivity index (χ2v) is 14.6. The maximum atomic E-state index is 13.1. The number of ether oxygens (including phenoxy) is 4. The van der Waals surface area contributed by atoms with E-state index in [0.717, 1.165) is 19.3 Å². The Bertz CT molecular complexity index is 826. The molecule has 0 rings (SSSR count). The van der Waals surface area contributed by atoms with Crippen LogP contribution in [0.25, 0.3) is 0 Å². The lowest BCUT2D eigenvalue weighted by atomic mass is 10.0. The van der Waals surface area contributed by atoms with Crippen molar-refractivity contribution in [1.29, 1.82) is 0 Å². The van der Waals surface area contributed by atoms with Gasteiger partial charge in [-0.15, -0.1) is 0 Å². The molecular weight excluding hydrogens is 596 g/mol. The highest BCUT2D eigenvalue weighted by Gasteiger charge is 2.30. The molecule has 10 nitrogen and oxygen atoms in total. The molecular formula is C34H64N2O8S. The molecule has 45 heavy (non-hydrogen) atoms. The Morgan fingerprint density at radius 2 is 1.24 bits per heavy atom. The van der Waals surface area contributed by atoms with Crippen LogP contribution in [0.4, 0.5) is 4.79 Å². The van der Waals surface area contributed by atoms with Crippen LogP contribution in [0.2, 0.25) is 0 Å². The van der Waals surface area contributed by atoms with Gasteiger partial charge in [0.05, 0.1) is 19.3 Å². The lowest BCUT2D eigenvalue weighted by Gasteiger charge is -2.26. The summed E-state index contributed by atoms with van der Waals surface area (Å²) in [6, 6.07) is -2.06. The Hall–Kier alpha value is -2.01. The van der Waals surface area contributed by atoms with E-state index >= 15 is 0 Å². The molecule has 0 spiro atoms. The summed E-state index contributed by atoms with van der Waals surface area (Å²) in [6.45, 7) is 13.0. The van der Waals surface area contributed by atoms with Crippen molar-refractivity contribution in [3.05, 3.63) is 0 Å². The number of unbranched alkanes of at least 4 members (excludes halogenated alkanes) is 12. The average Bonchev–Trinajstić information content (AvgIpc) is 2.94. The summed E-state index contributed by atoms with van der Waals surface area (Å²) in [4.78, 5) is 50.0. The van der Waals surface area contributed by atoms with Crippen LogP contribution in [0.15, 0.2) is 0 Å². The van der Waals surface area contributed by atoms with E-state index < -0.39 is 41.3 Å². The zero-order valence-electron chi connectivity index (χ0n) is 29.6. The number of nitrogens with one attached hydrogen (secondary N) is 2. The second kappa shape index (κ2) is 25.1. The van der Waals surface area contributed by atoms with E-state index in [0.29, 0.717) is 12.2 Å². The first-order valence-corrected chi connectivity index (χ1v) is 18.1. The quantitative estimate of drug-likeness (QED) is 0.0598. The fraction of sp³-hybridized carbons (Fsp3) is 0.882. The highest BCUT2D eigenvalue weighted by Crippen LogP contribution is 2.14. The maximum absolute atomic E-state index is 13.1. The Labute approximate surface area is 277 Å². The summed E-state index contributed by atoms with van der Waals surface area (Å²) in [5.74, 6) is -0.848. The molecule has 0 aliphatic heterocycles. The summed E-state index contributed by atoms with van der Waals surface area (Å²) in [5, 5.41) is 5.20. The van der Waals surface area contributed by atoms with Gasteiger partial charge in [-0.05, 0) is 48.0 Å². The first-order valence-electron chi connectivity index (χ1n) is 16.9. The second-order valence-electron chi connectivity index (χ2n) is 13.5. The zero-order chi connectivity index (χ0) is 34.1. The predicted octanol–water partition coefficient (Wildman–Crippen LogP) is 7.11. The Balaban J connectivity index is 4.46. The van der Waals surface area contributed by atoms with Gasteiger partial charge in [0.1, 0.15) is 18.2 Å². The third kappa shape index (κ3) is 26.9. The van der Waals surface area contributed by atoms with Gasteiger partial charge in [-0.1, -0.05) is 84.0 Å². The van der Waals surface area contributed by atoms with E-state index in [4.69, 9.17) is 18.9 Å². The van der Waals surface area contributed by atoms with Crippen molar-refractivity contribution < 1.29 is 38.1 Å². The Morgan fingerprint density at radius 1 is 0.711 bits per heavy atom. The van der Waals surface area contributed by atoms with Gasteiger partial charge >= 0.3 is 18.0 Å². The van der Waals surface area contributed by atoms with Crippen LogP contribution < -0.4 is 10.6 Å². The molecule has 2 atom stereocenters. The van der Waals surface area contributed by atoms with Gasteiger partial charge in [-0.3, -0.25) is 9.59 Å². The molecule has 0 radical (unpaired) electrons. The van der Waals surface area contributed by atoms with Gasteiger partial charge in [0.15, 0.2) is 6.04 Å². The summed E-state index contributed by atoms with van der Waals surface area (Å²) >= 11 is 1.34. The summed E-state index contributed by atoms with van der Waals surface area (Å²) < 4.78 is 21.2. The molecule has 0 heterocycles. The van der Waals surface area contributed by atoms with E-state index in [9.17, 15) is 19.2 Å². The van der Waals surface area contributed by atoms with Crippen molar-refractivity contribution in [2.75, 3.05) is 31.8 Å². The standard InChI is InChI=1S/C34H64N2O8S/c1-9-10-11-12-13-14-15-16-17-18-19-20-21-22-29(37)42-23-24-45-26-28(36-32(40)44-34(5,6)7)30(38)35-27(31(39)41-8)25-43-33(2,3)4/h27-28H,9-26H2,1-8H3,(H,35,38)(H,36,40)/t27-,28-/m0/s1. The first kappa shape index (κ1) is 43.0. The number of thioether (sulfide) groups is 1. The molecule has 264 valence electrons. The van der Waals surface area contributed by atoms with Crippen LogP contribution in [0.5, 0.6) is 0 Å². The molecule has 0 saturated heterocycles. The molecule has 2 N–H and O–H groups in total. The number of carbonyl (C=O) groups excluding carboxylic acids is 4. The van der Waals surface area contributed by atoms with Crippen LogP contribution >= 0.6 is 11.8 Å². The lowest BCUT2D eigenvalue weighted by molar-refractivity contribution is -0.148. The number of hydrogen-bond acceptors (Lipinski definition) is 9. The Morgan fingerprint density at radius 3 is 1.73 bits per heavy atom. The van der Waals surface area contributed by atoms with Gasteiger partial charge < -0.3 is 29.6 Å². The van der Waals surface area contributed by atoms with Crippen LogP contribution in [0.3, 0.4) is 0 Å². The van der Waals surface area contributed by atoms with Crippen LogP contribution in [-0.2, 0) is 33.3 Å². The molecule has 0 aromatic rings. The average molecular weight is 661 g/mol. The molecule has 2 amide bonds.